The number of benzene rings is 1. The summed E-state index contributed by atoms with van der Waals surface area (Å²) < 4.78 is 2.35. The zero-order valence-electron chi connectivity index (χ0n) is 11.9. The van der Waals surface area contributed by atoms with E-state index in [9.17, 15) is 0 Å². The molecule has 2 heterocycles. The quantitative estimate of drug-likeness (QED) is 0.683. The summed E-state index contributed by atoms with van der Waals surface area (Å²) >= 11 is 0. The van der Waals surface area contributed by atoms with Gasteiger partial charge in [0.2, 0.25) is 0 Å². The zero-order chi connectivity index (χ0) is 13.9. The summed E-state index contributed by atoms with van der Waals surface area (Å²) in [7, 11) is 0. The van der Waals surface area contributed by atoms with Crippen LogP contribution in [0.5, 0.6) is 0 Å². The number of para-hydroxylation sites is 1. The van der Waals surface area contributed by atoms with Crippen LogP contribution >= 0.6 is 0 Å². The predicted octanol–water partition coefficient (Wildman–Crippen LogP) is 4.41. The molecular weight excluding hydrogens is 244 g/mol. The fraction of sp³-hybridized carbons (Fsp3) is 0.167. The number of rotatable bonds is 3. The first-order valence-corrected chi connectivity index (χ1v) is 6.98. The molecule has 0 amide bonds. The number of aromatic nitrogens is 2. The second-order valence-electron chi connectivity index (χ2n) is 4.92. The molecule has 0 bridgehead atoms. The molecule has 2 heteroatoms. The lowest BCUT2D eigenvalue weighted by atomic mass is 10.1. The van der Waals surface area contributed by atoms with Crippen molar-refractivity contribution in [3.63, 3.8) is 0 Å². The van der Waals surface area contributed by atoms with E-state index >= 15 is 0 Å². The molecule has 0 radical (unpaired) electrons. The summed E-state index contributed by atoms with van der Waals surface area (Å²) in [5.41, 5.74) is 6.28. The Balaban J connectivity index is 2.24. The Bertz CT molecular complexity index is 711. The molecule has 0 spiro atoms. The van der Waals surface area contributed by atoms with E-state index in [2.05, 4.69) is 71.9 Å². The molecular formula is C18H18N2. The van der Waals surface area contributed by atoms with Crippen LogP contribution in [-0.4, -0.2) is 9.55 Å². The molecule has 20 heavy (non-hydrogen) atoms. The minimum atomic E-state index is 1.01. The molecule has 2 nitrogen and oxygen atoms in total. The number of aryl methyl sites for hydroxylation is 2. The van der Waals surface area contributed by atoms with Gasteiger partial charge >= 0.3 is 0 Å². The average molecular weight is 262 g/mol. The van der Waals surface area contributed by atoms with E-state index in [0.717, 1.165) is 6.42 Å². The molecule has 0 unspecified atom stereocenters. The van der Waals surface area contributed by atoms with Gasteiger partial charge in [-0.25, -0.2) is 0 Å². The summed E-state index contributed by atoms with van der Waals surface area (Å²) in [6.45, 7) is 4.35. The van der Waals surface area contributed by atoms with Crippen molar-refractivity contribution in [2.75, 3.05) is 0 Å². The second kappa shape index (κ2) is 5.33. The van der Waals surface area contributed by atoms with Gasteiger partial charge in [-0.05, 0) is 49.2 Å². The SMILES string of the molecule is CCc1ccc(-c2ccncc2)n1-c1ccccc1C. The van der Waals surface area contributed by atoms with Crippen molar-refractivity contribution >= 4 is 0 Å². The maximum Gasteiger partial charge on any atom is 0.0532 e. The summed E-state index contributed by atoms with van der Waals surface area (Å²) in [4.78, 5) is 4.11. The van der Waals surface area contributed by atoms with Crippen LogP contribution in [0.1, 0.15) is 18.2 Å². The highest BCUT2D eigenvalue weighted by Gasteiger charge is 2.11. The van der Waals surface area contributed by atoms with Crippen molar-refractivity contribution < 1.29 is 0 Å². The zero-order valence-corrected chi connectivity index (χ0v) is 11.9. The Kier molecular flexibility index (Phi) is 3.38. The maximum absolute atomic E-state index is 4.11. The molecule has 0 aliphatic carbocycles. The van der Waals surface area contributed by atoms with Gasteiger partial charge in [0, 0.05) is 29.3 Å². The Morgan fingerprint density at radius 3 is 2.40 bits per heavy atom. The molecule has 0 fully saturated rings. The van der Waals surface area contributed by atoms with Gasteiger partial charge < -0.3 is 4.57 Å². The van der Waals surface area contributed by atoms with Crippen molar-refractivity contribution in [1.29, 1.82) is 0 Å². The van der Waals surface area contributed by atoms with Crippen LogP contribution in [0, 0.1) is 6.92 Å². The van der Waals surface area contributed by atoms with Crippen molar-refractivity contribution in [1.82, 2.24) is 9.55 Å². The second-order valence-corrected chi connectivity index (χ2v) is 4.92. The molecule has 0 saturated heterocycles. The smallest absolute Gasteiger partial charge is 0.0532 e. The van der Waals surface area contributed by atoms with Crippen LogP contribution in [0.15, 0.2) is 60.9 Å². The third-order valence-electron chi connectivity index (χ3n) is 3.66. The van der Waals surface area contributed by atoms with Gasteiger partial charge in [-0.1, -0.05) is 25.1 Å². The summed E-state index contributed by atoms with van der Waals surface area (Å²) in [6, 6.07) is 17.0. The predicted molar refractivity (Wildman–Crippen MR) is 83.1 cm³/mol. The minimum Gasteiger partial charge on any atom is -0.313 e. The summed E-state index contributed by atoms with van der Waals surface area (Å²) in [5, 5.41) is 0. The monoisotopic (exact) mass is 262 g/mol. The first kappa shape index (κ1) is 12.7. The maximum atomic E-state index is 4.11. The van der Waals surface area contributed by atoms with Crippen LogP contribution < -0.4 is 0 Å². The minimum absolute atomic E-state index is 1.01. The molecule has 0 atom stereocenters. The molecule has 100 valence electrons. The van der Waals surface area contributed by atoms with E-state index < -0.39 is 0 Å². The van der Waals surface area contributed by atoms with Gasteiger partial charge in [0.25, 0.3) is 0 Å². The highest BCUT2D eigenvalue weighted by atomic mass is 15.0. The van der Waals surface area contributed by atoms with Gasteiger partial charge in [-0.3, -0.25) is 4.98 Å². The lowest BCUT2D eigenvalue weighted by Gasteiger charge is -2.15. The lowest BCUT2D eigenvalue weighted by molar-refractivity contribution is 0.935. The molecule has 0 N–H and O–H groups in total. The Morgan fingerprint density at radius 1 is 0.950 bits per heavy atom. The van der Waals surface area contributed by atoms with Crippen LogP contribution in [0.4, 0.5) is 0 Å². The first-order chi connectivity index (χ1) is 9.81. The third-order valence-corrected chi connectivity index (χ3v) is 3.66. The highest BCUT2D eigenvalue weighted by Crippen LogP contribution is 2.28. The average Bonchev–Trinajstić information content (AvgIpc) is 2.92. The van der Waals surface area contributed by atoms with Gasteiger partial charge in [0.05, 0.1) is 5.69 Å². The fourth-order valence-electron chi connectivity index (χ4n) is 2.60. The summed E-state index contributed by atoms with van der Waals surface area (Å²) in [5.74, 6) is 0. The molecule has 0 aliphatic heterocycles. The van der Waals surface area contributed by atoms with E-state index in [1.165, 1.54) is 28.2 Å². The molecule has 2 aromatic heterocycles. The first-order valence-electron chi connectivity index (χ1n) is 6.98. The normalized spacial score (nSPS) is 10.7. The molecule has 0 saturated carbocycles. The van der Waals surface area contributed by atoms with Gasteiger partial charge in [0.15, 0.2) is 0 Å². The van der Waals surface area contributed by atoms with Gasteiger partial charge in [0.1, 0.15) is 0 Å². The topological polar surface area (TPSA) is 17.8 Å². The number of hydrogen-bond acceptors (Lipinski definition) is 1. The van der Waals surface area contributed by atoms with E-state index in [0.29, 0.717) is 0 Å². The number of nitrogens with zero attached hydrogens (tertiary/aromatic N) is 2. The van der Waals surface area contributed by atoms with Gasteiger partial charge in [-0.15, -0.1) is 0 Å². The van der Waals surface area contributed by atoms with E-state index in [1.807, 2.05) is 12.4 Å². The highest BCUT2D eigenvalue weighted by molar-refractivity contribution is 5.64. The van der Waals surface area contributed by atoms with Crippen molar-refractivity contribution in [3.8, 4) is 16.9 Å². The van der Waals surface area contributed by atoms with Gasteiger partial charge in [-0.2, -0.15) is 0 Å². The Hall–Kier alpha value is -2.35. The van der Waals surface area contributed by atoms with Crippen LogP contribution in [0.3, 0.4) is 0 Å². The van der Waals surface area contributed by atoms with Crippen molar-refractivity contribution in [3.05, 3.63) is 72.2 Å². The fourth-order valence-corrected chi connectivity index (χ4v) is 2.60. The van der Waals surface area contributed by atoms with Crippen LogP contribution in [0.2, 0.25) is 0 Å². The van der Waals surface area contributed by atoms with Crippen LogP contribution in [0.25, 0.3) is 16.9 Å². The van der Waals surface area contributed by atoms with Crippen LogP contribution in [-0.2, 0) is 6.42 Å². The molecule has 1 aromatic carbocycles. The van der Waals surface area contributed by atoms with Crippen molar-refractivity contribution in [2.24, 2.45) is 0 Å². The summed E-state index contributed by atoms with van der Waals surface area (Å²) in [6.07, 6.45) is 4.70. The molecule has 3 rings (SSSR count). The van der Waals surface area contributed by atoms with E-state index in [1.54, 1.807) is 0 Å². The van der Waals surface area contributed by atoms with Crippen molar-refractivity contribution in [2.45, 2.75) is 20.3 Å². The third kappa shape index (κ3) is 2.14. The van der Waals surface area contributed by atoms with E-state index in [4.69, 9.17) is 0 Å². The Morgan fingerprint density at radius 2 is 1.70 bits per heavy atom. The number of pyridine rings is 1. The lowest BCUT2D eigenvalue weighted by Crippen LogP contribution is -2.03. The molecule has 0 aliphatic rings. The van der Waals surface area contributed by atoms with E-state index in [-0.39, 0.29) is 0 Å². The Labute approximate surface area is 119 Å². The number of hydrogen-bond donors (Lipinski definition) is 0. The standard InChI is InChI=1S/C18H18N2/c1-3-16-8-9-18(15-10-12-19-13-11-15)20(16)17-7-5-4-6-14(17)2/h4-13H,3H2,1-2H3. The largest absolute Gasteiger partial charge is 0.313 e. The molecule has 3 aromatic rings.